The van der Waals surface area contributed by atoms with E-state index in [4.69, 9.17) is 21.1 Å². The van der Waals surface area contributed by atoms with Crippen molar-refractivity contribution in [2.45, 2.75) is 13.5 Å². The van der Waals surface area contributed by atoms with Crippen molar-refractivity contribution in [3.63, 3.8) is 0 Å². The van der Waals surface area contributed by atoms with E-state index in [2.05, 4.69) is 4.99 Å². The van der Waals surface area contributed by atoms with E-state index in [9.17, 15) is 4.79 Å². The molecule has 2 aromatic rings. The fraction of sp³-hybridized carbons (Fsp3) is 0.111. The van der Waals surface area contributed by atoms with Crippen molar-refractivity contribution in [2.24, 2.45) is 4.99 Å². The van der Waals surface area contributed by atoms with E-state index in [1.807, 2.05) is 48.5 Å². The molecule has 0 aliphatic carbocycles. The highest BCUT2D eigenvalue weighted by molar-refractivity contribution is 6.30. The zero-order valence-electron chi connectivity index (χ0n) is 12.5. The van der Waals surface area contributed by atoms with Gasteiger partial charge in [0.1, 0.15) is 12.4 Å². The zero-order valence-corrected chi connectivity index (χ0v) is 13.2. The number of carbonyl (C=O) groups excluding carboxylic acids is 1. The Morgan fingerprint density at radius 2 is 1.83 bits per heavy atom. The van der Waals surface area contributed by atoms with E-state index in [1.165, 1.54) is 0 Å². The van der Waals surface area contributed by atoms with Crippen LogP contribution in [0.15, 0.2) is 59.2 Å². The number of rotatable bonds is 4. The molecule has 0 fully saturated rings. The maximum Gasteiger partial charge on any atom is 0.363 e. The van der Waals surface area contributed by atoms with Gasteiger partial charge in [-0.15, -0.1) is 0 Å². The summed E-state index contributed by atoms with van der Waals surface area (Å²) in [6.07, 6.45) is 1.68. The van der Waals surface area contributed by atoms with Crippen LogP contribution >= 0.6 is 11.6 Å². The van der Waals surface area contributed by atoms with Gasteiger partial charge in [-0.25, -0.2) is 9.79 Å². The smallest absolute Gasteiger partial charge is 0.363 e. The van der Waals surface area contributed by atoms with Crippen LogP contribution in [0.1, 0.15) is 18.1 Å². The van der Waals surface area contributed by atoms with E-state index in [1.54, 1.807) is 13.0 Å². The molecule has 1 heterocycles. The topological polar surface area (TPSA) is 47.9 Å². The third kappa shape index (κ3) is 3.99. The van der Waals surface area contributed by atoms with E-state index in [0.717, 1.165) is 16.9 Å². The Morgan fingerprint density at radius 3 is 2.43 bits per heavy atom. The van der Waals surface area contributed by atoms with Crippen molar-refractivity contribution in [1.82, 2.24) is 0 Å². The first kappa shape index (κ1) is 15.3. The molecule has 3 rings (SSSR count). The number of cyclic esters (lactones) is 1. The van der Waals surface area contributed by atoms with Crippen LogP contribution < -0.4 is 4.74 Å². The SMILES string of the molecule is CC1=N/C(=C/c2ccc(OCc3ccc(Cl)cc3)cc2)C(=O)O1. The van der Waals surface area contributed by atoms with Crippen LogP contribution in [0.5, 0.6) is 5.75 Å². The second-order valence-electron chi connectivity index (χ2n) is 5.03. The van der Waals surface area contributed by atoms with Crippen molar-refractivity contribution >= 4 is 29.5 Å². The average Bonchev–Trinajstić information content (AvgIpc) is 2.86. The highest BCUT2D eigenvalue weighted by atomic mass is 35.5. The van der Waals surface area contributed by atoms with Gasteiger partial charge in [0.05, 0.1) is 0 Å². The summed E-state index contributed by atoms with van der Waals surface area (Å²) in [7, 11) is 0. The predicted molar refractivity (Wildman–Crippen MR) is 89.4 cm³/mol. The zero-order chi connectivity index (χ0) is 16.2. The van der Waals surface area contributed by atoms with Gasteiger partial charge < -0.3 is 9.47 Å². The second-order valence-corrected chi connectivity index (χ2v) is 5.47. The fourth-order valence-electron chi connectivity index (χ4n) is 2.08. The lowest BCUT2D eigenvalue weighted by molar-refractivity contribution is -0.130. The highest BCUT2D eigenvalue weighted by Gasteiger charge is 2.19. The second kappa shape index (κ2) is 6.67. The quantitative estimate of drug-likeness (QED) is 0.623. The number of aliphatic imine (C=N–C) groups is 1. The maximum absolute atomic E-state index is 11.5. The molecule has 5 heteroatoms. The number of hydrogen-bond acceptors (Lipinski definition) is 4. The average molecular weight is 328 g/mol. The molecule has 4 nitrogen and oxygen atoms in total. The molecule has 1 aliphatic rings. The first-order valence-electron chi connectivity index (χ1n) is 7.07. The van der Waals surface area contributed by atoms with Gasteiger partial charge in [0.15, 0.2) is 11.6 Å². The number of ether oxygens (including phenoxy) is 2. The van der Waals surface area contributed by atoms with Gasteiger partial charge in [-0.1, -0.05) is 35.9 Å². The van der Waals surface area contributed by atoms with Crippen LogP contribution in [0.3, 0.4) is 0 Å². The van der Waals surface area contributed by atoms with E-state index in [0.29, 0.717) is 23.2 Å². The minimum atomic E-state index is -0.425. The number of nitrogens with zero attached hydrogens (tertiary/aromatic N) is 1. The Bertz CT molecular complexity index is 777. The van der Waals surface area contributed by atoms with Crippen LogP contribution in [0.2, 0.25) is 5.02 Å². The first-order valence-corrected chi connectivity index (χ1v) is 7.44. The van der Waals surface area contributed by atoms with Crippen LogP contribution in [-0.2, 0) is 16.1 Å². The monoisotopic (exact) mass is 327 g/mol. The number of hydrogen-bond donors (Lipinski definition) is 0. The molecule has 0 radical (unpaired) electrons. The Morgan fingerprint density at radius 1 is 1.13 bits per heavy atom. The molecule has 116 valence electrons. The summed E-state index contributed by atoms with van der Waals surface area (Å²) >= 11 is 5.85. The normalized spacial score (nSPS) is 15.5. The Kier molecular flexibility index (Phi) is 4.44. The van der Waals surface area contributed by atoms with Gasteiger partial charge in [-0.2, -0.15) is 0 Å². The van der Waals surface area contributed by atoms with Crippen molar-refractivity contribution in [1.29, 1.82) is 0 Å². The predicted octanol–water partition coefficient (Wildman–Crippen LogP) is 4.24. The van der Waals surface area contributed by atoms with Gasteiger partial charge in [-0.05, 0) is 41.5 Å². The summed E-state index contributed by atoms with van der Waals surface area (Å²) in [5, 5.41) is 0.703. The summed E-state index contributed by atoms with van der Waals surface area (Å²) in [6, 6.07) is 14.9. The van der Waals surface area contributed by atoms with Crippen molar-refractivity contribution in [3.8, 4) is 5.75 Å². The first-order chi connectivity index (χ1) is 11.1. The molecule has 0 bridgehead atoms. The molecule has 0 amide bonds. The van der Waals surface area contributed by atoms with E-state index >= 15 is 0 Å². The van der Waals surface area contributed by atoms with Gasteiger partial charge in [0.2, 0.25) is 0 Å². The molecular formula is C18H14ClNO3. The Hall–Kier alpha value is -2.59. The van der Waals surface area contributed by atoms with Crippen LogP contribution in [0.4, 0.5) is 0 Å². The van der Waals surface area contributed by atoms with Crippen LogP contribution in [-0.4, -0.2) is 11.9 Å². The number of halogens is 1. The molecule has 0 saturated heterocycles. The molecule has 0 N–H and O–H groups in total. The number of carbonyl (C=O) groups is 1. The summed E-state index contributed by atoms with van der Waals surface area (Å²) in [5.41, 5.74) is 2.20. The lowest BCUT2D eigenvalue weighted by Crippen LogP contribution is -1.99. The minimum absolute atomic E-state index is 0.303. The standard InChI is InChI=1S/C18H14ClNO3/c1-12-20-17(18(21)23-12)10-13-4-8-16(9-5-13)22-11-14-2-6-15(19)7-3-14/h2-10H,11H2,1H3/b17-10+. The molecule has 0 atom stereocenters. The third-order valence-corrected chi connectivity index (χ3v) is 3.48. The minimum Gasteiger partial charge on any atom is -0.489 e. The highest BCUT2D eigenvalue weighted by Crippen LogP contribution is 2.19. The molecule has 0 spiro atoms. The molecule has 2 aromatic carbocycles. The summed E-state index contributed by atoms with van der Waals surface area (Å²) in [5.74, 6) is 0.686. The molecule has 0 saturated carbocycles. The molecule has 0 unspecified atom stereocenters. The molecule has 23 heavy (non-hydrogen) atoms. The summed E-state index contributed by atoms with van der Waals surface area (Å²) < 4.78 is 10.6. The van der Waals surface area contributed by atoms with Crippen LogP contribution in [0, 0.1) is 0 Å². The largest absolute Gasteiger partial charge is 0.489 e. The van der Waals surface area contributed by atoms with Crippen molar-refractivity contribution < 1.29 is 14.3 Å². The van der Waals surface area contributed by atoms with Gasteiger partial charge >= 0.3 is 5.97 Å². The van der Waals surface area contributed by atoms with Crippen molar-refractivity contribution in [2.75, 3.05) is 0 Å². The van der Waals surface area contributed by atoms with Gasteiger partial charge in [-0.3, -0.25) is 0 Å². The van der Waals surface area contributed by atoms with E-state index in [-0.39, 0.29) is 0 Å². The number of benzene rings is 2. The van der Waals surface area contributed by atoms with Gasteiger partial charge in [0.25, 0.3) is 0 Å². The fourth-order valence-corrected chi connectivity index (χ4v) is 2.21. The lowest BCUT2D eigenvalue weighted by atomic mass is 10.2. The maximum atomic E-state index is 11.5. The lowest BCUT2D eigenvalue weighted by Gasteiger charge is -2.06. The molecule has 0 aromatic heterocycles. The molecular weight excluding hydrogens is 314 g/mol. The molecule has 1 aliphatic heterocycles. The Labute approximate surface area is 139 Å². The van der Waals surface area contributed by atoms with E-state index < -0.39 is 5.97 Å². The summed E-state index contributed by atoms with van der Waals surface area (Å²) in [6.45, 7) is 2.11. The number of esters is 1. The van der Waals surface area contributed by atoms with Gasteiger partial charge in [0, 0.05) is 11.9 Å². The Balaban J connectivity index is 1.64. The van der Waals surface area contributed by atoms with Crippen molar-refractivity contribution in [3.05, 3.63) is 70.4 Å². The summed E-state index contributed by atoms with van der Waals surface area (Å²) in [4.78, 5) is 15.5. The van der Waals surface area contributed by atoms with Crippen LogP contribution in [0.25, 0.3) is 6.08 Å². The third-order valence-electron chi connectivity index (χ3n) is 3.23.